The molecule has 6 rings (SSSR count). The maximum atomic E-state index is 12.1. The average molecular weight is 469 g/mol. The Hall–Kier alpha value is -4.26. The van der Waals surface area contributed by atoms with Crippen molar-refractivity contribution in [3.63, 3.8) is 0 Å². The maximum Gasteiger partial charge on any atom is 0.399 e. The highest BCUT2D eigenvalue weighted by Gasteiger charge is 2.35. The van der Waals surface area contributed by atoms with E-state index < -0.39 is 5.97 Å². The van der Waals surface area contributed by atoms with Crippen molar-refractivity contribution in [2.75, 3.05) is 26.7 Å². The maximum absolute atomic E-state index is 12.1. The van der Waals surface area contributed by atoms with E-state index in [1.807, 2.05) is 47.0 Å². The molecule has 1 saturated heterocycles. The van der Waals surface area contributed by atoms with E-state index in [1.54, 1.807) is 12.1 Å². The third-order valence-electron chi connectivity index (χ3n) is 6.97. The molecule has 2 aromatic rings. The number of carbonyl (C=O) groups is 2. The molecule has 0 atom stereocenters. The summed E-state index contributed by atoms with van der Waals surface area (Å²) in [5.74, 6) is -0.619. The zero-order chi connectivity index (χ0) is 24.1. The highest BCUT2D eigenvalue weighted by atomic mass is 16.5. The van der Waals surface area contributed by atoms with Crippen molar-refractivity contribution in [2.45, 2.75) is 12.8 Å². The topological polar surface area (TPSA) is 82.8 Å². The van der Waals surface area contributed by atoms with Gasteiger partial charge in [0.15, 0.2) is 6.54 Å². The number of benzene rings is 3. The van der Waals surface area contributed by atoms with Gasteiger partial charge in [-0.25, -0.2) is 14.2 Å². The Labute approximate surface area is 201 Å². The van der Waals surface area contributed by atoms with E-state index in [9.17, 15) is 14.7 Å². The number of rotatable bonds is 4. The molecule has 1 fully saturated rings. The Kier molecular flexibility index (Phi) is 4.99. The number of aromatic carboxylic acids is 1. The number of carboxylic acid groups (broad SMARTS) is 1. The van der Waals surface area contributed by atoms with Crippen LogP contribution in [0.1, 0.15) is 23.2 Å². The molecule has 0 saturated carbocycles. The van der Waals surface area contributed by atoms with E-state index in [0.717, 1.165) is 47.2 Å². The van der Waals surface area contributed by atoms with Crippen LogP contribution in [0.2, 0.25) is 0 Å². The van der Waals surface area contributed by atoms with Crippen LogP contribution in [0, 0.1) is 0 Å². The van der Waals surface area contributed by atoms with Gasteiger partial charge in [0.05, 0.1) is 37.6 Å². The summed E-state index contributed by atoms with van der Waals surface area (Å²) in [5.41, 5.74) is 4.63. The lowest BCUT2D eigenvalue weighted by molar-refractivity contribution is -0.467. The molecule has 0 spiro atoms. The quantitative estimate of drug-likeness (QED) is 0.280. The Morgan fingerprint density at radius 2 is 1.80 bits per heavy atom. The first kappa shape index (κ1) is 21.3. The molecular weight excluding hydrogens is 444 g/mol. The van der Waals surface area contributed by atoms with Crippen LogP contribution in [0.3, 0.4) is 0 Å². The smallest absolute Gasteiger partial charge is 0.399 e. The van der Waals surface area contributed by atoms with E-state index in [-0.39, 0.29) is 11.5 Å². The van der Waals surface area contributed by atoms with Crippen molar-refractivity contribution >= 4 is 34.3 Å². The molecule has 4 aliphatic rings. The molecule has 174 valence electrons. The molecule has 3 aliphatic heterocycles. The fourth-order valence-corrected chi connectivity index (χ4v) is 4.93. The second-order valence-corrected chi connectivity index (χ2v) is 8.87. The van der Waals surface area contributed by atoms with Crippen LogP contribution < -0.4 is 9.93 Å². The number of ether oxygens (including phenoxy) is 1. The Morgan fingerprint density at radius 1 is 0.971 bits per heavy atom. The van der Waals surface area contributed by atoms with Crippen molar-refractivity contribution < 1.29 is 28.4 Å². The van der Waals surface area contributed by atoms with Gasteiger partial charge in [-0.3, -0.25) is 0 Å². The van der Waals surface area contributed by atoms with Crippen LogP contribution in [0.4, 0.5) is 5.69 Å². The summed E-state index contributed by atoms with van der Waals surface area (Å²) >= 11 is 0. The van der Waals surface area contributed by atoms with Gasteiger partial charge in [-0.15, -0.1) is 0 Å². The predicted octanol–water partition coefficient (Wildman–Crippen LogP) is 3.74. The van der Waals surface area contributed by atoms with Gasteiger partial charge in [0, 0.05) is 28.6 Å². The third-order valence-corrected chi connectivity index (χ3v) is 6.97. The number of nitrogens with zero attached hydrogens (tertiary/aromatic N) is 2. The van der Waals surface area contributed by atoms with E-state index in [2.05, 4.69) is 10.6 Å². The minimum absolute atomic E-state index is 0.237. The van der Waals surface area contributed by atoms with Crippen LogP contribution in [0.15, 0.2) is 65.1 Å². The molecule has 1 aliphatic carbocycles. The number of esters is 1. The predicted molar refractivity (Wildman–Crippen MR) is 131 cm³/mol. The molecule has 3 heterocycles. The summed E-state index contributed by atoms with van der Waals surface area (Å²) < 4.78 is 15.6. The lowest BCUT2D eigenvalue weighted by Gasteiger charge is -2.18. The monoisotopic (exact) mass is 468 g/mol. The Morgan fingerprint density at radius 3 is 2.49 bits per heavy atom. The number of hydrogen-bond acceptors (Lipinski definition) is 4. The van der Waals surface area contributed by atoms with Gasteiger partial charge in [-0.05, 0) is 23.8 Å². The van der Waals surface area contributed by atoms with Crippen molar-refractivity contribution in [2.24, 2.45) is 0 Å². The molecule has 0 amide bonds. The van der Waals surface area contributed by atoms with E-state index in [0.29, 0.717) is 29.0 Å². The van der Waals surface area contributed by atoms with Crippen molar-refractivity contribution in [1.82, 2.24) is 4.58 Å². The highest BCUT2D eigenvalue weighted by molar-refractivity contribution is 6.35. The van der Waals surface area contributed by atoms with Crippen LogP contribution in [0.5, 0.6) is 0 Å². The van der Waals surface area contributed by atoms with Gasteiger partial charge in [-0.1, -0.05) is 18.2 Å². The fourth-order valence-electron chi connectivity index (χ4n) is 4.93. The first-order valence-electron chi connectivity index (χ1n) is 11.7. The van der Waals surface area contributed by atoms with Gasteiger partial charge in [-0.2, -0.15) is 4.58 Å². The first-order valence-corrected chi connectivity index (χ1v) is 11.7. The average Bonchev–Trinajstić information content (AvgIpc) is 2.80. The number of fused-ring (bicyclic) bond motifs is 2. The minimum Gasteiger partial charge on any atom is -0.478 e. The summed E-state index contributed by atoms with van der Waals surface area (Å²) in [5, 5.41) is 11.8. The molecule has 7 nitrogen and oxygen atoms in total. The Balaban J connectivity index is 1.66. The van der Waals surface area contributed by atoms with Gasteiger partial charge in [0.2, 0.25) is 11.0 Å². The SMILES string of the molecule is COC(=O)C1=[N+](c2ccc3c(-c4ccccc4C(=O)O)c4ccc(=[N+]5CCC5)cc-4oc3c2)CC1. The fraction of sp³-hybridized carbons (Fsp3) is 0.214. The second-order valence-electron chi connectivity index (χ2n) is 8.87. The number of hydrogen-bond donors (Lipinski definition) is 1. The zero-order valence-electron chi connectivity index (χ0n) is 19.3. The van der Waals surface area contributed by atoms with Gasteiger partial charge < -0.3 is 14.3 Å². The van der Waals surface area contributed by atoms with Crippen LogP contribution in [0.25, 0.3) is 33.4 Å². The van der Waals surface area contributed by atoms with Gasteiger partial charge in [0.25, 0.3) is 5.71 Å². The van der Waals surface area contributed by atoms with Gasteiger partial charge >= 0.3 is 11.9 Å². The largest absolute Gasteiger partial charge is 0.478 e. The summed E-state index contributed by atoms with van der Waals surface area (Å²) in [4.78, 5) is 24.2. The van der Waals surface area contributed by atoms with Crippen LogP contribution in [-0.2, 0) is 9.53 Å². The summed E-state index contributed by atoms with van der Waals surface area (Å²) in [6, 6.07) is 19.0. The van der Waals surface area contributed by atoms with E-state index >= 15 is 0 Å². The van der Waals surface area contributed by atoms with Crippen molar-refractivity contribution in [3.05, 3.63) is 71.6 Å². The lowest BCUT2D eigenvalue weighted by Crippen LogP contribution is -2.40. The molecular formula is C28H24N2O5+2. The molecule has 1 N–H and O–H groups in total. The minimum atomic E-state index is -0.977. The molecule has 0 radical (unpaired) electrons. The van der Waals surface area contributed by atoms with Crippen molar-refractivity contribution in [3.8, 4) is 22.5 Å². The standard InChI is InChI=1S/C28H23N2O5/c1-34-28(33)23-11-14-30(23)18-8-10-22-25(16-18)35-24-15-17(29-12-4-13-29)7-9-21(24)26(22)19-5-2-3-6-20(19)27(31)32/h2-3,5-10,15-16H,4,11-14H2,1H3/q+1/p+1. The Bertz CT molecular complexity index is 1610. The molecule has 0 aromatic heterocycles. The van der Waals surface area contributed by atoms with E-state index in [4.69, 9.17) is 9.15 Å². The molecule has 35 heavy (non-hydrogen) atoms. The normalized spacial score (nSPS) is 15.2. The summed E-state index contributed by atoms with van der Waals surface area (Å²) in [6.07, 6.45) is 1.83. The number of carbonyl (C=O) groups excluding carboxylic acids is 1. The summed E-state index contributed by atoms with van der Waals surface area (Å²) in [7, 11) is 1.38. The summed E-state index contributed by atoms with van der Waals surface area (Å²) in [6.45, 7) is 2.75. The van der Waals surface area contributed by atoms with Gasteiger partial charge in [0.1, 0.15) is 24.4 Å². The number of carboxylic acids is 1. The van der Waals surface area contributed by atoms with Crippen LogP contribution >= 0.6 is 0 Å². The lowest BCUT2D eigenvalue weighted by atomic mass is 9.90. The second kappa shape index (κ2) is 8.20. The third kappa shape index (κ3) is 3.43. The molecule has 2 aromatic carbocycles. The number of methoxy groups -OCH3 is 1. The molecule has 0 bridgehead atoms. The molecule has 7 heteroatoms. The first-order chi connectivity index (χ1) is 17.0. The van der Waals surface area contributed by atoms with Crippen molar-refractivity contribution in [1.29, 1.82) is 0 Å². The molecule has 0 unspecified atom stereocenters. The highest BCUT2D eigenvalue weighted by Crippen LogP contribution is 2.42. The van der Waals surface area contributed by atoms with Crippen LogP contribution in [-0.4, -0.2) is 54.1 Å². The zero-order valence-corrected chi connectivity index (χ0v) is 19.3. The van der Waals surface area contributed by atoms with E-state index in [1.165, 1.54) is 13.5 Å².